The highest BCUT2D eigenvalue weighted by Gasteiger charge is 2.15. The Morgan fingerprint density at radius 1 is 1.42 bits per heavy atom. The van der Waals surface area contributed by atoms with Crippen LogP contribution in [0, 0.1) is 0 Å². The third-order valence-electron chi connectivity index (χ3n) is 1.74. The predicted octanol–water partition coefficient (Wildman–Crippen LogP) is 2.74. The molecule has 0 aliphatic heterocycles. The number of rotatable bonds is 1. The van der Waals surface area contributed by atoms with Gasteiger partial charge in [-0.3, -0.25) is 5.10 Å². The van der Waals surface area contributed by atoms with E-state index in [4.69, 9.17) is 0 Å². The summed E-state index contributed by atoms with van der Waals surface area (Å²) in [5.74, 6) is 0. The Kier molecular flexibility index (Phi) is 2.36. The van der Waals surface area contributed by atoms with Crippen LogP contribution >= 0.6 is 0 Å². The molecule has 0 fully saturated rings. The van der Waals surface area contributed by atoms with Gasteiger partial charge in [0.15, 0.2) is 0 Å². The summed E-state index contributed by atoms with van der Waals surface area (Å²) >= 11 is 0. The molecule has 0 atom stereocenters. The lowest BCUT2D eigenvalue weighted by Crippen LogP contribution is -2.11. The van der Waals surface area contributed by atoms with Crippen LogP contribution in [-0.4, -0.2) is 10.2 Å². The molecule has 0 saturated carbocycles. The highest BCUT2D eigenvalue weighted by atomic mass is 15.1. The SMILES string of the molecule is C/C=C/c1cc(C(C)(C)C)[nH]n1. The average molecular weight is 164 g/mol. The highest BCUT2D eigenvalue weighted by molar-refractivity contribution is 5.44. The Balaban J connectivity index is 2.92. The monoisotopic (exact) mass is 164 g/mol. The smallest absolute Gasteiger partial charge is 0.0848 e. The molecule has 66 valence electrons. The molecule has 0 unspecified atom stereocenters. The van der Waals surface area contributed by atoms with Crippen molar-refractivity contribution in [1.82, 2.24) is 10.2 Å². The summed E-state index contributed by atoms with van der Waals surface area (Å²) in [4.78, 5) is 0. The van der Waals surface area contributed by atoms with Gasteiger partial charge in [0.2, 0.25) is 0 Å². The van der Waals surface area contributed by atoms with Gasteiger partial charge in [-0.25, -0.2) is 0 Å². The minimum atomic E-state index is 0.160. The second kappa shape index (κ2) is 3.13. The van der Waals surface area contributed by atoms with E-state index >= 15 is 0 Å². The normalized spacial score (nSPS) is 12.7. The van der Waals surface area contributed by atoms with Crippen molar-refractivity contribution >= 4 is 6.08 Å². The van der Waals surface area contributed by atoms with Crippen LogP contribution in [0.2, 0.25) is 0 Å². The Labute approximate surface area is 73.7 Å². The van der Waals surface area contributed by atoms with Gasteiger partial charge in [-0.1, -0.05) is 26.8 Å². The van der Waals surface area contributed by atoms with E-state index in [0.29, 0.717) is 0 Å². The largest absolute Gasteiger partial charge is 0.281 e. The summed E-state index contributed by atoms with van der Waals surface area (Å²) < 4.78 is 0. The molecule has 1 heterocycles. The third-order valence-corrected chi connectivity index (χ3v) is 1.74. The molecule has 0 amide bonds. The van der Waals surface area contributed by atoms with Gasteiger partial charge in [0.25, 0.3) is 0 Å². The van der Waals surface area contributed by atoms with Crippen molar-refractivity contribution in [3.05, 3.63) is 23.5 Å². The molecule has 1 rings (SSSR count). The number of hydrogen-bond donors (Lipinski definition) is 1. The van der Waals surface area contributed by atoms with Crippen LogP contribution in [0.4, 0.5) is 0 Å². The summed E-state index contributed by atoms with van der Waals surface area (Å²) in [6.07, 6.45) is 3.98. The first-order valence-corrected chi connectivity index (χ1v) is 4.22. The van der Waals surface area contributed by atoms with Crippen molar-refractivity contribution in [1.29, 1.82) is 0 Å². The van der Waals surface area contributed by atoms with E-state index in [1.54, 1.807) is 0 Å². The van der Waals surface area contributed by atoms with Gasteiger partial charge in [0.1, 0.15) is 0 Å². The predicted molar refractivity (Wildman–Crippen MR) is 52.0 cm³/mol. The maximum Gasteiger partial charge on any atom is 0.0848 e. The molecule has 1 aromatic heterocycles. The fourth-order valence-electron chi connectivity index (χ4n) is 0.978. The number of hydrogen-bond acceptors (Lipinski definition) is 1. The number of nitrogens with one attached hydrogen (secondary N) is 1. The van der Waals surface area contributed by atoms with Crippen LogP contribution in [0.25, 0.3) is 6.08 Å². The standard InChI is InChI=1S/C10H16N2/c1-5-6-8-7-9(12-11-8)10(2,3)4/h5-7H,1-4H3,(H,11,12)/b6-5+. The molecule has 0 aliphatic rings. The van der Waals surface area contributed by atoms with Gasteiger partial charge >= 0.3 is 0 Å². The van der Waals surface area contributed by atoms with Gasteiger partial charge in [-0.2, -0.15) is 5.10 Å². The molecule has 0 saturated heterocycles. The molecule has 0 spiro atoms. The molecule has 12 heavy (non-hydrogen) atoms. The van der Waals surface area contributed by atoms with Crippen molar-refractivity contribution < 1.29 is 0 Å². The van der Waals surface area contributed by atoms with Crippen LogP contribution < -0.4 is 0 Å². The number of allylic oxidation sites excluding steroid dienone is 1. The second-order valence-corrected chi connectivity index (χ2v) is 3.96. The van der Waals surface area contributed by atoms with Crippen molar-refractivity contribution in [3.63, 3.8) is 0 Å². The lowest BCUT2D eigenvalue weighted by molar-refractivity contribution is 0.567. The van der Waals surface area contributed by atoms with E-state index in [9.17, 15) is 0 Å². The lowest BCUT2D eigenvalue weighted by atomic mass is 9.92. The number of nitrogens with zero attached hydrogens (tertiary/aromatic N) is 1. The zero-order valence-corrected chi connectivity index (χ0v) is 8.18. The lowest BCUT2D eigenvalue weighted by Gasteiger charge is -2.14. The Bertz CT molecular complexity index is 276. The maximum absolute atomic E-state index is 4.16. The van der Waals surface area contributed by atoms with Crippen molar-refractivity contribution in [2.75, 3.05) is 0 Å². The fourth-order valence-corrected chi connectivity index (χ4v) is 0.978. The Morgan fingerprint density at radius 3 is 2.50 bits per heavy atom. The van der Waals surface area contributed by atoms with Gasteiger partial charge in [-0.05, 0) is 19.1 Å². The van der Waals surface area contributed by atoms with Crippen LogP contribution in [0.5, 0.6) is 0 Å². The first-order valence-electron chi connectivity index (χ1n) is 4.22. The molecular weight excluding hydrogens is 148 g/mol. The van der Waals surface area contributed by atoms with E-state index < -0.39 is 0 Å². The summed E-state index contributed by atoms with van der Waals surface area (Å²) in [6, 6.07) is 2.08. The third kappa shape index (κ3) is 1.97. The van der Waals surface area contributed by atoms with Gasteiger partial charge < -0.3 is 0 Å². The maximum atomic E-state index is 4.16. The molecule has 0 aliphatic carbocycles. The quantitative estimate of drug-likeness (QED) is 0.679. The Hall–Kier alpha value is -1.05. The van der Waals surface area contributed by atoms with E-state index in [1.165, 1.54) is 5.69 Å². The van der Waals surface area contributed by atoms with E-state index in [1.807, 2.05) is 19.1 Å². The zero-order valence-electron chi connectivity index (χ0n) is 8.18. The van der Waals surface area contributed by atoms with E-state index in [2.05, 4.69) is 37.0 Å². The summed E-state index contributed by atoms with van der Waals surface area (Å²) in [6.45, 7) is 8.49. The number of aromatic amines is 1. The summed E-state index contributed by atoms with van der Waals surface area (Å²) in [5, 5.41) is 7.19. The molecular formula is C10H16N2. The van der Waals surface area contributed by atoms with Gasteiger partial charge in [0.05, 0.1) is 5.69 Å². The van der Waals surface area contributed by atoms with Gasteiger partial charge in [-0.15, -0.1) is 0 Å². The van der Waals surface area contributed by atoms with Crippen LogP contribution in [0.15, 0.2) is 12.1 Å². The van der Waals surface area contributed by atoms with Crippen LogP contribution in [0.1, 0.15) is 39.1 Å². The van der Waals surface area contributed by atoms with Crippen LogP contribution in [0.3, 0.4) is 0 Å². The van der Waals surface area contributed by atoms with Gasteiger partial charge in [0, 0.05) is 11.1 Å². The van der Waals surface area contributed by atoms with Crippen molar-refractivity contribution in [2.45, 2.75) is 33.1 Å². The first-order chi connectivity index (χ1) is 5.54. The zero-order chi connectivity index (χ0) is 9.19. The molecule has 2 heteroatoms. The van der Waals surface area contributed by atoms with Crippen LogP contribution in [-0.2, 0) is 5.41 Å². The minimum absolute atomic E-state index is 0.160. The first kappa shape index (κ1) is 9.04. The minimum Gasteiger partial charge on any atom is -0.281 e. The van der Waals surface area contributed by atoms with E-state index in [0.717, 1.165) is 5.69 Å². The molecule has 0 radical (unpaired) electrons. The second-order valence-electron chi connectivity index (χ2n) is 3.96. The van der Waals surface area contributed by atoms with E-state index in [-0.39, 0.29) is 5.41 Å². The average Bonchev–Trinajstić information content (AvgIpc) is 2.35. The fraction of sp³-hybridized carbons (Fsp3) is 0.500. The highest BCUT2D eigenvalue weighted by Crippen LogP contribution is 2.20. The number of H-pyrrole nitrogens is 1. The molecule has 1 N–H and O–H groups in total. The van der Waals surface area contributed by atoms with Crippen molar-refractivity contribution in [3.8, 4) is 0 Å². The molecule has 0 aromatic carbocycles. The molecule has 2 nitrogen and oxygen atoms in total. The topological polar surface area (TPSA) is 28.7 Å². The summed E-state index contributed by atoms with van der Waals surface area (Å²) in [5.41, 5.74) is 2.34. The molecule has 1 aromatic rings. The number of aromatic nitrogens is 2. The molecule has 0 bridgehead atoms. The van der Waals surface area contributed by atoms with Crippen molar-refractivity contribution in [2.24, 2.45) is 0 Å². The Morgan fingerprint density at radius 2 is 2.08 bits per heavy atom. The summed E-state index contributed by atoms with van der Waals surface area (Å²) in [7, 11) is 0.